The summed E-state index contributed by atoms with van der Waals surface area (Å²) in [5.74, 6) is 0. The van der Waals surface area contributed by atoms with Gasteiger partial charge in [-0.2, -0.15) is 13.2 Å². The summed E-state index contributed by atoms with van der Waals surface area (Å²) in [6.45, 7) is 0.802. The lowest BCUT2D eigenvalue weighted by atomic mass is 10.1. The molecule has 0 N–H and O–H groups in total. The molecule has 1 heterocycles. The number of hydrogen-bond acceptors (Lipinski definition) is 1. The van der Waals surface area contributed by atoms with Gasteiger partial charge in [0.1, 0.15) is 5.16 Å². The molecule has 1 aromatic carbocycles. The van der Waals surface area contributed by atoms with E-state index in [1.165, 1.54) is 12.1 Å². The van der Waals surface area contributed by atoms with Gasteiger partial charge in [0.25, 0.3) is 0 Å². The van der Waals surface area contributed by atoms with E-state index in [1.54, 1.807) is 17.0 Å². The molecule has 5 heteroatoms. The van der Waals surface area contributed by atoms with E-state index in [1.807, 2.05) is 0 Å². The number of hydrogen-bond donors (Lipinski definition) is 0. The molecule has 1 nitrogen and oxygen atoms in total. The van der Waals surface area contributed by atoms with Crippen molar-refractivity contribution in [2.24, 2.45) is 0 Å². The van der Waals surface area contributed by atoms with Gasteiger partial charge in [-0.25, -0.2) is 0 Å². The Morgan fingerprint density at radius 3 is 2.44 bits per heavy atom. The molecule has 0 atom stereocenters. The normalized spacial score (nSPS) is 15.8. The summed E-state index contributed by atoms with van der Waals surface area (Å²) in [7, 11) is 0. The third-order valence-corrected chi connectivity index (χ3v) is 2.86. The summed E-state index contributed by atoms with van der Waals surface area (Å²) < 4.78 is 38.0. The summed E-state index contributed by atoms with van der Waals surface area (Å²) in [6, 6.07) is 5.56. The SMILES string of the molecule is FC(F)(F)c1ccccc1CN1CC=C1Cl. The molecular formula is C11H9ClF3N. The van der Waals surface area contributed by atoms with Gasteiger partial charge in [0.2, 0.25) is 0 Å². The summed E-state index contributed by atoms with van der Waals surface area (Å²) in [5, 5.41) is 0.511. The molecule has 0 aliphatic carbocycles. The van der Waals surface area contributed by atoms with E-state index in [-0.39, 0.29) is 12.1 Å². The highest BCUT2D eigenvalue weighted by Crippen LogP contribution is 2.33. The predicted molar refractivity (Wildman–Crippen MR) is 55.8 cm³/mol. The lowest BCUT2D eigenvalue weighted by Crippen LogP contribution is -2.29. The number of alkyl halides is 3. The minimum absolute atomic E-state index is 0.199. The first-order valence-electron chi connectivity index (χ1n) is 4.74. The van der Waals surface area contributed by atoms with Gasteiger partial charge in [0, 0.05) is 13.1 Å². The van der Waals surface area contributed by atoms with Gasteiger partial charge in [-0.15, -0.1) is 0 Å². The smallest absolute Gasteiger partial charge is 0.354 e. The van der Waals surface area contributed by atoms with E-state index in [4.69, 9.17) is 11.6 Å². The molecule has 0 saturated carbocycles. The highest BCUT2D eigenvalue weighted by atomic mass is 35.5. The zero-order chi connectivity index (χ0) is 11.8. The Morgan fingerprint density at radius 2 is 1.94 bits per heavy atom. The molecule has 86 valence electrons. The predicted octanol–water partition coefficient (Wildman–Crippen LogP) is 3.60. The number of nitrogens with zero attached hydrogens (tertiary/aromatic N) is 1. The van der Waals surface area contributed by atoms with Crippen LogP contribution in [-0.4, -0.2) is 11.4 Å². The van der Waals surface area contributed by atoms with Crippen molar-refractivity contribution in [2.75, 3.05) is 6.54 Å². The highest BCUT2D eigenvalue weighted by Gasteiger charge is 2.33. The molecule has 16 heavy (non-hydrogen) atoms. The maximum absolute atomic E-state index is 12.7. The Labute approximate surface area is 96.1 Å². The molecule has 0 fully saturated rings. The first-order chi connectivity index (χ1) is 7.48. The maximum Gasteiger partial charge on any atom is 0.416 e. The van der Waals surface area contributed by atoms with Crippen LogP contribution in [0, 0.1) is 0 Å². The zero-order valence-corrected chi connectivity index (χ0v) is 9.02. The van der Waals surface area contributed by atoms with Gasteiger partial charge >= 0.3 is 6.18 Å². The third kappa shape index (κ3) is 2.16. The Hall–Kier alpha value is -1.16. The van der Waals surface area contributed by atoms with Crippen molar-refractivity contribution in [3.8, 4) is 0 Å². The Morgan fingerprint density at radius 1 is 1.25 bits per heavy atom. The van der Waals surface area contributed by atoms with Gasteiger partial charge in [0.15, 0.2) is 0 Å². The van der Waals surface area contributed by atoms with Crippen LogP contribution in [0.15, 0.2) is 35.5 Å². The minimum atomic E-state index is -4.31. The van der Waals surface area contributed by atoms with Crippen molar-refractivity contribution in [3.05, 3.63) is 46.6 Å². The zero-order valence-electron chi connectivity index (χ0n) is 8.26. The van der Waals surface area contributed by atoms with Crippen molar-refractivity contribution in [2.45, 2.75) is 12.7 Å². The van der Waals surface area contributed by atoms with E-state index in [0.29, 0.717) is 11.7 Å². The fourth-order valence-electron chi connectivity index (χ4n) is 1.57. The molecule has 1 aliphatic rings. The van der Waals surface area contributed by atoms with E-state index in [0.717, 1.165) is 6.07 Å². The molecule has 0 radical (unpaired) electrons. The molecule has 1 aliphatic heterocycles. The van der Waals surface area contributed by atoms with Crippen LogP contribution in [0.4, 0.5) is 13.2 Å². The first kappa shape index (κ1) is 11.3. The first-order valence-corrected chi connectivity index (χ1v) is 5.12. The minimum Gasteiger partial charge on any atom is -0.354 e. The molecule has 0 bridgehead atoms. The second-order valence-corrected chi connectivity index (χ2v) is 3.95. The summed E-state index contributed by atoms with van der Waals surface area (Å²) >= 11 is 5.74. The summed E-state index contributed by atoms with van der Waals surface area (Å²) in [5.41, 5.74) is -0.340. The van der Waals surface area contributed by atoms with Crippen LogP contribution >= 0.6 is 11.6 Å². The molecular weight excluding hydrogens is 239 g/mol. The van der Waals surface area contributed by atoms with Gasteiger partial charge < -0.3 is 4.90 Å². The largest absolute Gasteiger partial charge is 0.416 e. The second kappa shape index (κ2) is 4.01. The van der Waals surface area contributed by atoms with Gasteiger partial charge in [-0.3, -0.25) is 0 Å². The lowest BCUT2D eigenvalue weighted by Gasteiger charge is -2.30. The lowest BCUT2D eigenvalue weighted by molar-refractivity contribution is -0.138. The Balaban J connectivity index is 2.24. The van der Waals surface area contributed by atoms with E-state index in [9.17, 15) is 13.2 Å². The van der Waals surface area contributed by atoms with Crippen LogP contribution in [0.2, 0.25) is 0 Å². The summed E-state index contributed by atoms with van der Waals surface area (Å²) in [6.07, 6.45) is -2.55. The van der Waals surface area contributed by atoms with Crippen molar-refractivity contribution < 1.29 is 13.2 Å². The van der Waals surface area contributed by atoms with E-state index < -0.39 is 11.7 Å². The second-order valence-electron chi connectivity index (χ2n) is 3.56. The fraction of sp³-hybridized carbons (Fsp3) is 0.273. The average molecular weight is 248 g/mol. The van der Waals surface area contributed by atoms with Gasteiger partial charge in [-0.05, 0) is 17.7 Å². The van der Waals surface area contributed by atoms with E-state index >= 15 is 0 Å². The third-order valence-electron chi connectivity index (χ3n) is 2.47. The van der Waals surface area contributed by atoms with Crippen LogP contribution in [-0.2, 0) is 12.7 Å². The van der Waals surface area contributed by atoms with Crippen molar-refractivity contribution in [1.29, 1.82) is 0 Å². The molecule has 0 unspecified atom stereocenters. The Bertz CT molecular complexity index is 425. The quantitative estimate of drug-likeness (QED) is 0.722. The molecule has 0 amide bonds. The van der Waals surface area contributed by atoms with Gasteiger partial charge in [-0.1, -0.05) is 29.8 Å². The molecule has 0 spiro atoms. The van der Waals surface area contributed by atoms with Crippen LogP contribution in [0.1, 0.15) is 11.1 Å². The summed E-state index contributed by atoms with van der Waals surface area (Å²) in [4.78, 5) is 1.69. The van der Waals surface area contributed by atoms with E-state index in [2.05, 4.69) is 0 Å². The van der Waals surface area contributed by atoms with Crippen LogP contribution in [0.5, 0.6) is 0 Å². The standard InChI is InChI=1S/C11H9ClF3N/c12-10-5-6-16(10)7-8-3-1-2-4-9(8)11(13,14)15/h1-5H,6-7H2. The van der Waals surface area contributed by atoms with Crippen molar-refractivity contribution in [1.82, 2.24) is 4.90 Å². The van der Waals surface area contributed by atoms with Crippen LogP contribution in [0.3, 0.4) is 0 Å². The highest BCUT2D eigenvalue weighted by molar-refractivity contribution is 6.29. The molecule has 0 saturated heterocycles. The number of rotatable bonds is 2. The van der Waals surface area contributed by atoms with Crippen molar-refractivity contribution >= 4 is 11.6 Å². The average Bonchev–Trinajstić information content (AvgIpc) is 2.23. The molecule has 0 aromatic heterocycles. The topological polar surface area (TPSA) is 3.24 Å². The fourth-order valence-corrected chi connectivity index (χ4v) is 1.77. The van der Waals surface area contributed by atoms with Crippen molar-refractivity contribution in [3.63, 3.8) is 0 Å². The Kier molecular flexibility index (Phi) is 2.84. The monoisotopic (exact) mass is 247 g/mol. The molecule has 1 aromatic rings. The maximum atomic E-state index is 12.7. The van der Waals surface area contributed by atoms with Crippen LogP contribution in [0.25, 0.3) is 0 Å². The number of halogens is 4. The number of benzene rings is 1. The van der Waals surface area contributed by atoms with Gasteiger partial charge in [0.05, 0.1) is 5.56 Å². The molecule has 2 rings (SSSR count). The van der Waals surface area contributed by atoms with Crippen LogP contribution < -0.4 is 0 Å².